The molecule has 0 aromatic carbocycles. The second kappa shape index (κ2) is 4.99. The normalized spacial score (nSPS) is 20.3. The van der Waals surface area contributed by atoms with Crippen molar-refractivity contribution in [2.45, 2.75) is 58.9 Å². The summed E-state index contributed by atoms with van der Waals surface area (Å²) >= 11 is 0. The summed E-state index contributed by atoms with van der Waals surface area (Å²) < 4.78 is 0. The fourth-order valence-electron chi connectivity index (χ4n) is 2.71. The third-order valence-corrected chi connectivity index (χ3v) is 3.77. The average molecular weight is 262 g/mol. The molecule has 0 spiro atoms. The molecule has 1 aliphatic heterocycles. The van der Waals surface area contributed by atoms with Crippen molar-refractivity contribution in [2.75, 3.05) is 17.2 Å². The van der Waals surface area contributed by atoms with Gasteiger partial charge >= 0.3 is 0 Å². The Morgan fingerprint density at radius 2 is 2.00 bits per heavy atom. The topological polar surface area (TPSA) is 55.0 Å². The highest BCUT2D eigenvalue weighted by atomic mass is 15.2. The first-order valence-corrected chi connectivity index (χ1v) is 7.20. The van der Waals surface area contributed by atoms with Crippen molar-refractivity contribution in [3.05, 3.63) is 11.9 Å². The van der Waals surface area contributed by atoms with E-state index in [0.29, 0.717) is 17.8 Å². The van der Waals surface area contributed by atoms with Crippen LogP contribution in [0.25, 0.3) is 0 Å². The molecule has 4 heteroatoms. The van der Waals surface area contributed by atoms with E-state index in [1.807, 2.05) is 6.07 Å². The van der Waals surface area contributed by atoms with Gasteiger partial charge in [0.15, 0.2) is 0 Å². The molecular weight excluding hydrogens is 236 g/mol. The number of anilines is 2. The summed E-state index contributed by atoms with van der Waals surface area (Å²) in [6.07, 6.45) is 2.48. The van der Waals surface area contributed by atoms with Gasteiger partial charge in [-0.3, -0.25) is 0 Å². The molecule has 1 aromatic heterocycles. The molecular formula is C15H26N4. The zero-order valence-electron chi connectivity index (χ0n) is 12.8. The van der Waals surface area contributed by atoms with Gasteiger partial charge in [0.05, 0.1) is 0 Å². The van der Waals surface area contributed by atoms with Crippen molar-refractivity contribution >= 4 is 11.6 Å². The van der Waals surface area contributed by atoms with Gasteiger partial charge in [0, 0.05) is 24.1 Å². The molecule has 2 rings (SSSR count). The SMILES string of the molecule is CC(C)C1CCCN1c1cc(N)nc(C(C)(C)C)n1. The second-order valence-electron chi connectivity index (χ2n) is 6.87. The van der Waals surface area contributed by atoms with E-state index in [2.05, 4.69) is 44.5 Å². The fraction of sp³-hybridized carbons (Fsp3) is 0.733. The first-order valence-electron chi connectivity index (χ1n) is 7.20. The van der Waals surface area contributed by atoms with Gasteiger partial charge in [0.2, 0.25) is 0 Å². The Morgan fingerprint density at radius 3 is 2.58 bits per heavy atom. The zero-order valence-corrected chi connectivity index (χ0v) is 12.8. The lowest BCUT2D eigenvalue weighted by Crippen LogP contribution is -2.34. The van der Waals surface area contributed by atoms with Gasteiger partial charge in [-0.1, -0.05) is 34.6 Å². The molecule has 1 unspecified atom stereocenters. The van der Waals surface area contributed by atoms with Crippen LogP contribution in [0.15, 0.2) is 6.07 Å². The molecule has 0 aliphatic carbocycles. The maximum Gasteiger partial charge on any atom is 0.138 e. The van der Waals surface area contributed by atoms with Gasteiger partial charge < -0.3 is 10.6 Å². The minimum atomic E-state index is -0.0722. The van der Waals surface area contributed by atoms with E-state index >= 15 is 0 Å². The van der Waals surface area contributed by atoms with Gasteiger partial charge in [0.25, 0.3) is 0 Å². The first kappa shape index (κ1) is 14.1. The molecule has 0 saturated carbocycles. The lowest BCUT2D eigenvalue weighted by atomic mass is 9.95. The number of nitrogens with zero attached hydrogens (tertiary/aromatic N) is 3. The summed E-state index contributed by atoms with van der Waals surface area (Å²) in [6.45, 7) is 12.0. The van der Waals surface area contributed by atoms with Gasteiger partial charge in [-0.05, 0) is 18.8 Å². The van der Waals surface area contributed by atoms with Crippen LogP contribution in [0, 0.1) is 5.92 Å². The van der Waals surface area contributed by atoms with E-state index in [1.54, 1.807) is 0 Å². The number of nitrogens with two attached hydrogens (primary N) is 1. The minimum absolute atomic E-state index is 0.0722. The molecule has 0 bridgehead atoms. The van der Waals surface area contributed by atoms with Crippen LogP contribution in [-0.2, 0) is 5.41 Å². The van der Waals surface area contributed by atoms with Crippen LogP contribution in [0.1, 0.15) is 53.3 Å². The van der Waals surface area contributed by atoms with E-state index in [4.69, 9.17) is 10.7 Å². The van der Waals surface area contributed by atoms with E-state index in [-0.39, 0.29) is 5.41 Å². The van der Waals surface area contributed by atoms with Crippen molar-refractivity contribution in [1.82, 2.24) is 9.97 Å². The maximum atomic E-state index is 5.97. The van der Waals surface area contributed by atoms with Crippen molar-refractivity contribution in [3.8, 4) is 0 Å². The lowest BCUT2D eigenvalue weighted by Gasteiger charge is -2.30. The molecule has 1 saturated heterocycles. The van der Waals surface area contributed by atoms with Gasteiger partial charge in [0.1, 0.15) is 17.5 Å². The summed E-state index contributed by atoms with van der Waals surface area (Å²) in [5, 5.41) is 0. The summed E-state index contributed by atoms with van der Waals surface area (Å²) in [5.41, 5.74) is 5.90. The smallest absolute Gasteiger partial charge is 0.138 e. The number of hydrogen-bond acceptors (Lipinski definition) is 4. The average Bonchev–Trinajstić information content (AvgIpc) is 2.75. The molecule has 1 atom stereocenters. The van der Waals surface area contributed by atoms with Crippen LogP contribution in [0.2, 0.25) is 0 Å². The largest absolute Gasteiger partial charge is 0.384 e. The minimum Gasteiger partial charge on any atom is -0.384 e. The number of aromatic nitrogens is 2. The highest BCUT2D eigenvalue weighted by molar-refractivity contribution is 5.49. The van der Waals surface area contributed by atoms with E-state index < -0.39 is 0 Å². The molecule has 1 aromatic rings. The molecule has 19 heavy (non-hydrogen) atoms. The van der Waals surface area contributed by atoms with Gasteiger partial charge in [-0.25, -0.2) is 9.97 Å². The Morgan fingerprint density at radius 1 is 1.32 bits per heavy atom. The van der Waals surface area contributed by atoms with E-state index in [9.17, 15) is 0 Å². The van der Waals surface area contributed by atoms with Crippen LogP contribution in [0.4, 0.5) is 11.6 Å². The van der Waals surface area contributed by atoms with Crippen molar-refractivity contribution < 1.29 is 0 Å². The summed E-state index contributed by atoms with van der Waals surface area (Å²) in [4.78, 5) is 11.5. The Bertz CT molecular complexity index is 448. The quantitative estimate of drug-likeness (QED) is 0.890. The summed E-state index contributed by atoms with van der Waals surface area (Å²) in [6, 6.07) is 2.48. The third-order valence-electron chi connectivity index (χ3n) is 3.77. The van der Waals surface area contributed by atoms with Crippen molar-refractivity contribution in [2.24, 2.45) is 5.92 Å². The summed E-state index contributed by atoms with van der Waals surface area (Å²) in [7, 11) is 0. The highest BCUT2D eigenvalue weighted by Crippen LogP contribution is 2.30. The van der Waals surface area contributed by atoms with Gasteiger partial charge in [-0.2, -0.15) is 0 Å². The molecule has 0 radical (unpaired) electrons. The number of nitrogen functional groups attached to an aromatic ring is 1. The van der Waals surface area contributed by atoms with Gasteiger partial charge in [-0.15, -0.1) is 0 Å². The molecule has 106 valence electrons. The molecule has 4 nitrogen and oxygen atoms in total. The second-order valence-corrected chi connectivity index (χ2v) is 6.87. The number of rotatable bonds is 2. The maximum absolute atomic E-state index is 5.97. The molecule has 1 fully saturated rings. The van der Waals surface area contributed by atoms with Crippen LogP contribution < -0.4 is 10.6 Å². The molecule has 2 N–H and O–H groups in total. The number of hydrogen-bond donors (Lipinski definition) is 1. The molecule has 0 amide bonds. The Balaban J connectivity index is 2.37. The van der Waals surface area contributed by atoms with E-state index in [0.717, 1.165) is 18.2 Å². The Hall–Kier alpha value is -1.32. The van der Waals surface area contributed by atoms with Crippen LogP contribution in [0.3, 0.4) is 0 Å². The van der Waals surface area contributed by atoms with E-state index in [1.165, 1.54) is 12.8 Å². The lowest BCUT2D eigenvalue weighted by molar-refractivity contribution is 0.486. The molecule has 1 aliphatic rings. The van der Waals surface area contributed by atoms with Crippen LogP contribution in [0.5, 0.6) is 0 Å². The third kappa shape index (κ3) is 2.99. The van der Waals surface area contributed by atoms with Crippen molar-refractivity contribution in [1.29, 1.82) is 0 Å². The first-order chi connectivity index (χ1) is 8.79. The monoisotopic (exact) mass is 262 g/mol. The van der Waals surface area contributed by atoms with Crippen molar-refractivity contribution in [3.63, 3.8) is 0 Å². The van der Waals surface area contributed by atoms with Crippen LogP contribution >= 0.6 is 0 Å². The molecule has 2 heterocycles. The van der Waals surface area contributed by atoms with Crippen LogP contribution in [-0.4, -0.2) is 22.6 Å². The summed E-state index contributed by atoms with van der Waals surface area (Å²) in [5.74, 6) is 3.03. The zero-order chi connectivity index (χ0) is 14.2. The predicted octanol–water partition coefficient (Wildman–Crippen LogP) is 2.98. The highest BCUT2D eigenvalue weighted by Gasteiger charge is 2.29. The fourth-order valence-corrected chi connectivity index (χ4v) is 2.71. The standard InChI is InChI=1S/C15H26N4/c1-10(2)11-7-6-8-19(11)13-9-12(16)17-14(18-13)15(3,4)5/h9-11H,6-8H2,1-5H3,(H2,16,17,18). The Kier molecular flexibility index (Phi) is 3.70. The Labute approximate surface area is 116 Å². The predicted molar refractivity (Wildman–Crippen MR) is 80.4 cm³/mol.